The lowest BCUT2D eigenvalue weighted by atomic mass is 10.2. The lowest BCUT2D eigenvalue weighted by molar-refractivity contribution is 0.730. The third kappa shape index (κ3) is 2.46. The normalized spacial score (nSPS) is 10.7. The minimum atomic E-state index is 0.253. The van der Waals surface area contributed by atoms with Crippen LogP contribution in [0.1, 0.15) is 22.5 Å². The Labute approximate surface area is 111 Å². The predicted octanol–water partition coefficient (Wildman–Crippen LogP) is 2.40. The van der Waals surface area contributed by atoms with E-state index in [0.717, 1.165) is 22.8 Å². The summed E-state index contributed by atoms with van der Waals surface area (Å²) in [6.45, 7) is 6.68. The smallest absolute Gasteiger partial charge is 0.224 e. The van der Waals surface area contributed by atoms with Crippen molar-refractivity contribution in [2.75, 3.05) is 5.32 Å². The first kappa shape index (κ1) is 12.8. The number of hydrogen-bond donors (Lipinski definition) is 1. The highest BCUT2D eigenvalue weighted by atomic mass is 35.5. The van der Waals surface area contributed by atoms with Gasteiger partial charge in [0, 0.05) is 36.6 Å². The Morgan fingerprint density at radius 3 is 2.67 bits per heavy atom. The van der Waals surface area contributed by atoms with Gasteiger partial charge in [-0.3, -0.25) is 4.68 Å². The van der Waals surface area contributed by atoms with Gasteiger partial charge in [0.15, 0.2) is 0 Å². The molecule has 0 saturated heterocycles. The summed E-state index contributed by atoms with van der Waals surface area (Å²) in [5, 5.41) is 7.91. The first-order valence-electron chi connectivity index (χ1n) is 5.71. The zero-order valence-corrected chi connectivity index (χ0v) is 11.7. The van der Waals surface area contributed by atoms with Gasteiger partial charge >= 0.3 is 0 Å². The number of anilines is 1. The van der Waals surface area contributed by atoms with Gasteiger partial charge in [-0.25, -0.2) is 9.97 Å². The molecule has 0 unspecified atom stereocenters. The predicted molar refractivity (Wildman–Crippen MR) is 71.8 cm³/mol. The lowest BCUT2D eigenvalue weighted by Crippen LogP contribution is -2.06. The van der Waals surface area contributed by atoms with Crippen LogP contribution in [-0.4, -0.2) is 19.7 Å². The molecule has 96 valence electrons. The Kier molecular flexibility index (Phi) is 3.52. The van der Waals surface area contributed by atoms with E-state index in [0.29, 0.717) is 6.54 Å². The average molecular weight is 266 g/mol. The summed E-state index contributed by atoms with van der Waals surface area (Å²) < 4.78 is 1.88. The van der Waals surface area contributed by atoms with E-state index in [2.05, 4.69) is 27.3 Å². The Balaban J connectivity index is 2.19. The molecule has 2 rings (SSSR count). The molecule has 2 aromatic heterocycles. The Hall–Kier alpha value is -1.62. The number of hydrogen-bond acceptors (Lipinski definition) is 4. The topological polar surface area (TPSA) is 55.6 Å². The highest BCUT2D eigenvalue weighted by molar-refractivity contribution is 6.28. The van der Waals surface area contributed by atoms with Crippen LogP contribution in [-0.2, 0) is 13.6 Å². The van der Waals surface area contributed by atoms with E-state index in [9.17, 15) is 0 Å². The summed E-state index contributed by atoms with van der Waals surface area (Å²) in [5.74, 6) is 0.762. The van der Waals surface area contributed by atoms with E-state index in [4.69, 9.17) is 11.6 Å². The van der Waals surface area contributed by atoms with Crippen molar-refractivity contribution in [2.45, 2.75) is 27.3 Å². The molecule has 6 heteroatoms. The summed E-state index contributed by atoms with van der Waals surface area (Å²) >= 11 is 5.79. The molecule has 0 aliphatic carbocycles. The minimum Gasteiger partial charge on any atom is -0.365 e. The zero-order valence-electron chi connectivity index (χ0n) is 11.0. The van der Waals surface area contributed by atoms with Crippen LogP contribution < -0.4 is 5.32 Å². The molecule has 2 aromatic rings. The molecule has 0 spiro atoms. The first-order chi connectivity index (χ1) is 8.49. The highest BCUT2D eigenvalue weighted by Gasteiger charge is 2.10. The average Bonchev–Trinajstić information content (AvgIpc) is 2.55. The summed E-state index contributed by atoms with van der Waals surface area (Å²) in [6.07, 6.45) is 1.71. The Morgan fingerprint density at radius 1 is 1.33 bits per heavy atom. The van der Waals surface area contributed by atoms with Gasteiger partial charge in [0.25, 0.3) is 0 Å². The number of nitrogens with one attached hydrogen (secondary N) is 1. The quantitative estimate of drug-likeness (QED) is 0.866. The Bertz CT molecular complexity index is 576. The third-order valence-electron chi connectivity index (χ3n) is 3.03. The van der Waals surface area contributed by atoms with Gasteiger partial charge in [-0.15, -0.1) is 0 Å². The van der Waals surface area contributed by atoms with Crippen LogP contribution in [0.25, 0.3) is 0 Å². The largest absolute Gasteiger partial charge is 0.365 e. The second-order valence-corrected chi connectivity index (χ2v) is 4.64. The van der Waals surface area contributed by atoms with Gasteiger partial charge < -0.3 is 5.32 Å². The van der Waals surface area contributed by atoms with E-state index in [-0.39, 0.29) is 5.28 Å². The molecule has 0 aromatic carbocycles. The van der Waals surface area contributed by atoms with Crippen molar-refractivity contribution in [3.8, 4) is 0 Å². The number of aromatic nitrogens is 4. The lowest BCUT2D eigenvalue weighted by Gasteiger charge is -2.08. The molecule has 0 atom stereocenters. The number of aryl methyl sites for hydroxylation is 3. The van der Waals surface area contributed by atoms with Crippen LogP contribution in [0.2, 0.25) is 5.28 Å². The Morgan fingerprint density at radius 2 is 2.06 bits per heavy atom. The fraction of sp³-hybridized carbons (Fsp3) is 0.417. The van der Waals surface area contributed by atoms with Crippen molar-refractivity contribution in [3.05, 3.63) is 34.0 Å². The minimum absolute atomic E-state index is 0.253. The molecular formula is C12H16ClN5. The van der Waals surface area contributed by atoms with Crippen LogP contribution in [0.15, 0.2) is 6.20 Å². The monoisotopic (exact) mass is 265 g/mol. The van der Waals surface area contributed by atoms with Crippen molar-refractivity contribution in [3.63, 3.8) is 0 Å². The van der Waals surface area contributed by atoms with Crippen LogP contribution in [0.4, 0.5) is 5.82 Å². The van der Waals surface area contributed by atoms with Crippen LogP contribution in [0.3, 0.4) is 0 Å². The maximum atomic E-state index is 5.79. The molecule has 5 nitrogen and oxygen atoms in total. The van der Waals surface area contributed by atoms with Gasteiger partial charge in [-0.2, -0.15) is 5.10 Å². The maximum absolute atomic E-state index is 5.79. The van der Waals surface area contributed by atoms with E-state index >= 15 is 0 Å². The van der Waals surface area contributed by atoms with Gasteiger partial charge in [-0.1, -0.05) is 0 Å². The van der Waals surface area contributed by atoms with E-state index in [1.165, 1.54) is 5.56 Å². The summed E-state index contributed by atoms with van der Waals surface area (Å²) in [4.78, 5) is 8.10. The maximum Gasteiger partial charge on any atom is 0.224 e. The standard InChI is InChI=1S/C12H16ClN5/c1-7-5-15-12(13)16-11(7)14-6-10-8(2)17-18(4)9(10)3/h5H,6H2,1-4H3,(H,14,15,16). The number of rotatable bonds is 3. The fourth-order valence-corrected chi connectivity index (χ4v) is 1.98. The van der Waals surface area contributed by atoms with Gasteiger partial charge in [0.2, 0.25) is 5.28 Å². The highest BCUT2D eigenvalue weighted by Crippen LogP contribution is 2.17. The van der Waals surface area contributed by atoms with Crippen molar-refractivity contribution in [2.24, 2.45) is 7.05 Å². The molecule has 0 fully saturated rings. The second kappa shape index (κ2) is 4.94. The molecule has 0 aliphatic rings. The summed E-state index contributed by atoms with van der Waals surface area (Å²) in [7, 11) is 1.94. The molecule has 2 heterocycles. The first-order valence-corrected chi connectivity index (χ1v) is 6.09. The molecule has 0 radical (unpaired) electrons. The molecule has 1 N–H and O–H groups in total. The molecule has 0 saturated carbocycles. The van der Waals surface area contributed by atoms with Crippen molar-refractivity contribution in [1.29, 1.82) is 0 Å². The summed E-state index contributed by atoms with van der Waals surface area (Å²) in [6, 6.07) is 0. The van der Waals surface area contributed by atoms with E-state index in [1.807, 2.05) is 25.6 Å². The van der Waals surface area contributed by atoms with Crippen molar-refractivity contribution in [1.82, 2.24) is 19.7 Å². The van der Waals surface area contributed by atoms with E-state index in [1.54, 1.807) is 6.20 Å². The van der Waals surface area contributed by atoms with Gasteiger partial charge in [0.1, 0.15) is 5.82 Å². The fourth-order valence-electron chi connectivity index (χ4n) is 1.84. The van der Waals surface area contributed by atoms with Crippen molar-refractivity contribution >= 4 is 17.4 Å². The van der Waals surface area contributed by atoms with Gasteiger partial charge in [0.05, 0.1) is 5.69 Å². The molecule has 0 amide bonds. The second-order valence-electron chi connectivity index (χ2n) is 4.30. The third-order valence-corrected chi connectivity index (χ3v) is 3.22. The molecule has 18 heavy (non-hydrogen) atoms. The molecular weight excluding hydrogens is 250 g/mol. The zero-order chi connectivity index (χ0) is 13.3. The van der Waals surface area contributed by atoms with Crippen LogP contribution in [0.5, 0.6) is 0 Å². The number of halogens is 1. The van der Waals surface area contributed by atoms with E-state index < -0.39 is 0 Å². The molecule has 0 bridgehead atoms. The molecule has 0 aliphatic heterocycles. The van der Waals surface area contributed by atoms with Crippen molar-refractivity contribution < 1.29 is 0 Å². The summed E-state index contributed by atoms with van der Waals surface area (Å²) in [5.41, 5.74) is 4.34. The SMILES string of the molecule is Cc1cnc(Cl)nc1NCc1c(C)nn(C)c1C. The van der Waals surface area contributed by atoms with Gasteiger partial charge in [-0.05, 0) is 32.4 Å². The van der Waals surface area contributed by atoms with Crippen LogP contribution >= 0.6 is 11.6 Å². The van der Waals surface area contributed by atoms with Crippen LogP contribution in [0, 0.1) is 20.8 Å². The number of nitrogens with zero attached hydrogens (tertiary/aromatic N) is 4.